The minimum atomic E-state index is -0.437. The number of nitrogens with zero attached hydrogens (tertiary/aromatic N) is 4. The fourth-order valence-electron chi connectivity index (χ4n) is 3.26. The van der Waals surface area contributed by atoms with Crippen molar-refractivity contribution in [2.24, 2.45) is 0 Å². The van der Waals surface area contributed by atoms with Crippen LogP contribution in [0.15, 0.2) is 24.3 Å². The molecule has 0 radical (unpaired) electrons. The Balaban J connectivity index is 1.82. The number of morpholine rings is 1. The highest BCUT2D eigenvalue weighted by Gasteiger charge is 2.27. The van der Waals surface area contributed by atoms with Gasteiger partial charge in [0.1, 0.15) is 5.69 Å². The first-order chi connectivity index (χ1) is 12.3. The lowest BCUT2D eigenvalue weighted by Gasteiger charge is -2.34. The third-order valence-corrected chi connectivity index (χ3v) is 4.54. The quantitative estimate of drug-likeness (QED) is 0.463. The van der Waals surface area contributed by atoms with E-state index in [1.165, 1.54) is 13.0 Å². The van der Waals surface area contributed by atoms with E-state index in [4.69, 9.17) is 4.74 Å². The standard InChI is InChI=1S/C18H22N4O4/c1-12-8-13(2)21(19-12)11-16-10-20(6-7-26-16)17-5-4-15(14(3)23)9-18(17)22(24)25/h4-5,8-9,16H,6-7,10-11H2,1-3H3. The number of Topliss-reactive ketones (excluding diaryl/α,β-unsaturated/α-hetero) is 1. The zero-order valence-corrected chi connectivity index (χ0v) is 15.1. The monoisotopic (exact) mass is 358 g/mol. The van der Waals surface area contributed by atoms with Gasteiger partial charge in [-0.1, -0.05) is 0 Å². The van der Waals surface area contributed by atoms with Gasteiger partial charge < -0.3 is 9.64 Å². The van der Waals surface area contributed by atoms with Gasteiger partial charge in [-0.25, -0.2) is 0 Å². The van der Waals surface area contributed by atoms with Crippen molar-refractivity contribution in [1.82, 2.24) is 9.78 Å². The summed E-state index contributed by atoms with van der Waals surface area (Å²) in [6.07, 6.45) is -0.117. The van der Waals surface area contributed by atoms with Crippen LogP contribution in [0.5, 0.6) is 0 Å². The maximum absolute atomic E-state index is 11.5. The van der Waals surface area contributed by atoms with E-state index in [0.717, 1.165) is 11.4 Å². The first kappa shape index (κ1) is 18.1. The highest BCUT2D eigenvalue weighted by Crippen LogP contribution is 2.31. The second-order valence-corrected chi connectivity index (χ2v) is 6.56. The van der Waals surface area contributed by atoms with Gasteiger partial charge in [0.05, 0.1) is 29.9 Å². The van der Waals surface area contributed by atoms with E-state index in [1.807, 2.05) is 29.5 Å². The van der Waals surface area contributed by atoms with Crippen molar-refractivity contribution in [3.8, 4) is 0 Å². The predicted octanol–water partition coefficient (Wildman–Crippen LogP) is 2.52. The number of carbonyl (C=O) groups excluding carboxylic acids is 1. The number of hydrogen-bond acceptors (Lipinski definition) is 6. The summed E-state index contributed by atoms with van der Waals surface area (Å²) in [7, 11) is 0. The smallest absolute Gasteiger partial charge is 0.293 e. The number of anilines is 1. The van der Waals surface area contributed by atoms with E-state index in [1.54, 1.807) is 12.1 Å². The molecule has 2 heterocycles. The second-order valence-electron chi connectivity index (χ2n) is 6.56. The molecule has 0 N–H and O–H groups in total. The summed E-state index contributed by atoms with van der Waals surface area (Å²) >= 11 is 0. The van der Waals surface area contributed by atoms with E-state index in [0.29, 0.717) is 37.5 Å². The Hall–Kier alpha value is -2.74. The van der Waals surface area contributed by atoms with Gasteiger partial charge in [0.2, 0.25) is 0 Å². The molecule has 1 saturated heterocycles. The van der Waals surface area contributed by atoms with Crippen LogP contribution in [0, 0.1) is 24.0 Å². The molecule has 0 amide bonds. The van der Waals surface area contributed by atoms with Crippen molar-refractivity contribution in [2.45, 2.75) is 33.4 Å². The number of rotatable bonds is 5. The molecule has 1 aliphatic rings. The summed E-state index contributed by atoms with van der Waals surface area (Å²) in [4.78, 5) is 24.5. The Morgan fingerprint density at radius 3 is 2.77 bits per heavy atom. The summed E-state index contributed by atoms with van der Waals surface area (Å²) < 4.78 is 7.73. The van der Waals surface area contributed by atoms with Gasteiger partial charge in [0.15, 0.2) is 5.78 Å². The number of aromatic nitrogens is 2. The molecule has 2 aromatic rings. The van der Waals surface area contributed by atoms with Gasteiger partial charge >= 0.3 is 0 Å². The topological polar surface area (TPSA) is 90.5 Å². The number of aryl methyl sites for hydroxylation is 2. The van der Waals surface area contributed by atoms with Gasteiger partial charge in [-0.15, -0.1) is 0 Å². The zero-order chi connectivity index (χ0) is 18.8. The number of carbonyl (C=O) groups is 1. The first-order valence-electron chi connectivity index (χ1n) is 8.52. The van der Waals surface area contributed by atoms with Crippen LogP contribution in [0.4, 0.5) is 11.4 Å². The van der Waals surface area contributed by atoms with Crippen LogP contribution < -0.4 is 4.90 Å². The third kappa shape index (κ3) is 3.75. The molecule has 1 aromatic heterocycles. The van der Waals surface area contributed by atoms with Crippen molar-refractivity contribution in [2.75, 3.05) is 24.6 Å². The van der Waals surface area contributed by atoms with E-state index in [2.05, 4.69) is 5.10 Å². The molecule has 1 unspecified atom stereocenters. The number of nitro benzene ring substituents is 1. The Kier molecular flexibility index (Phi) is 5.03. The molecule has 26 heavy (non-hydrogen) atoms. The van der Waals surface area contributed by atoms with Gasteiger partial charge in [0.25, 0.3) is 5.69 Å². The van der Waals surface area contributed by atoms with Gasteiger partial charge in [-0.05, 0) is 39.0 Å². The number of ketones is 1. The number of nitro groups is 1. The molecule has 8 nitrogen and oxygen atoms in total. The number of ether oxygens (including phenoxy) is 1. The van der Waals surface area contributed by atoms with Crippen molar-refractivity contribution in [3.05, 3.63) is 51.3 Å². The van der Waals surface area contributed by atoms with Crippen LogP contribution in [-0.2, 0) is 11.3 Å². The maximum Gasteiger partial charge on any atom is 0.293 e. The molecule has 1 atom stereocenters. The van der Waals surface area contributed by atoms with E-state index in [-0.39, 0.29) is 17.6 Å². The van der Waals surface area contributed by atoms with Crippen LogP contribution in [0.2, 0.25) is 0 Å². The average Bonchev–Trinajstić information content (AvgIpc) is 2.91. The van der Waals surface area contributed by atoms with E-state index < -0.39 is 4.92 Å². The van der Waals surface area contributed by atoms with Crippen LogP contribution in [-0.4, -0.2) is 46.3 Å². The largest absolute Gasteiger partial charge is 0.373 e. The molecule has 0 spiro atoms. The van der Waals surface area contributed by atoms with Crippen molar-refractivity contribution in [3.63, 3.8) is 0 Å². The molecule has 8 heteroatoms. The second kappa shape index (κ2) is 7.25. The normalized spacial score (nSPS) is 17.3. The lowest BCUT2D eigenvalue weighted by Crippen LogP contribution is -2.44. The van der Waals surface area contributed by atoms with E-state index in [9.17, 15) is 14.9 Å². The van der Waals surface area contributed by atoms with Crippen LogP contribution >= 0.6 is 0 Å². The van der Waals surface area contributed by atoms with Crippen molar-refractivity contribution < 1.29 is 14.5 Å². The summed E-state index contributed by atoms with van der Waals surface area (Å²) in [6.45, 7) is 7.50. The predicted molar refractivity (Wildman–Crippen MR) is 96.8 cm³/mol. The zero-order valence-electron chi connectivity index (χ0n) is 15.1. The molecule has 1 aromatic carbocycles. The molecule has 138 valence electrons. The van der Waals surface area contributed by atoms with E-state index >= 15 is 0 Å². The Bertz CT molecular complexity index is 846. The number of hydrogen-bond donors (Lipinski definition) is 0. The minimum absolute atomic E-state index is 0.0514. The minimum Gasteiger partial charge on any atom is -0.373 e. The number of benzene rings is 1. The summed E-state index contributed by atoms with van der Waals surface area (Å²) in [6, 6.07) is 6.64. The molecule has 0 bridgehead atoms. The molecule has 3 rings (SSSR count). The molecule has 0 saturated carbocycles. The van der Waals surface area contributed by atoms with Crippen LogP contribution in [0.1, 0.15) is 28.7 Å². The summed E-state index contributed by atoms with van der Waals surface area (Å²) in [5, 5.41) is 15.9. The van der Waals surface area contributed by atoms with Crippen LogP contribution in [0.25, 0.3) is 0 Å². The summed E-state index contributed by atoms with van der Waals surface area (Å²) in [5.41, 5.74) is 2.81. The highest BCUT2D eigenvalue weighted by atomic mass is 16.6. The lowest BCUT2D eigenvalue weighted by molar-refractivity contribution is -0.384. The van der Waals surface area contributed by atoms with Crippen molar-refractivity contribution in [1.29, 1.82) is 0 Å². The highest BCUT2D eigenvalue weighted by molar-refractivity contribution is 5.95. The van der Waals surface area contributed by atoms with Crippen LogP contribution in [0.3, 0.4) is 0 Å². The lowest BCUT2D eigenvalue weighted by atomic mass is 10.1. The Morgan fingerprint density at radius 1 is 1.38 bits per heavy atom. The molecule has 0 aliphatic carbocycles. The third-order valence-electron chi connectivity index (χ3n) is 4.54. The molecule has 1 fully saturated rings. The molecular formula is C18H22N4O4. The summed E-state index contributed by atoms with van der Waals surface area (Å²) in [5.74, 6) is -0.191. The average molecular weight is 358 g/mol. The van der Waals surface area contributed by atoms with Gasteiger partial charge in [0, 0.05) is 30.4 Å². The van der Waals surface area contributed by atoms with Gasteiger partial charge in [-0.3, -0.25) is 19.6 Å². The Morgan fingerprint density at radius 2 is 2.15 bits per heavy atom. The SMILES string of the molecule is CC(=O)c1ccc(N2CCOC(Cn3nc(C)cc3C)C2)c([N+](=O)[O-])c1. The Labute approximate surface area is 151 Å². The first-order valence-corrected chi connectivity index (χ1v) is 8.52. The van der Waals surface area contributed by atoms with Crippen molar-refractivity contribution >= 4 is 17.2 Å². The van der Waals surface area contributed by atoms with Gasteiger partial charge in [-0.2, -0.15) is 5.10 Å². The fourth-order valence-corrected chi connectivity index (χ4v) is 3.26. The molecule has 1 aliphatic heterocycles. The maximum atomic E-state index is 11.5. The fraction of sp³-hybridized carbons (Fsp3) is 0.444. The molecular weight excluding hydrogens is 336 g/mol.